The van der Waals surface area contributed by atoms with E-state index in [2.05, 4.69) is 54.6 Å². The van der Waals surface area contributed by atoms with Gasteiger partial charge in [-0.1, -0.05) is 72.8 Å². The van der Waals surface area contributed by atoms with Crippen molar-refractivity contribution < 1.29 is 9.69 Å². The number of hydrogen-bond acceptors (Lipinski definition) is 1. The molecule has 3 heteroatoms. The fourth-order valence-corrected chi connectivity index (χ4v) is 4.49. The lowest BCUT2D eigenvalue weighted by Gasteiger charge is -2.32. The first kappa shape index (κ1) is 18.7. The Labute approximate surface area is 167 Å². The van der Waals surface area contributed by atoms with Crippen molar-refractivity contribution in [3.8, 4) is 0 Å². The van der Waals surface area contributed by atoms with E-state index < -0.39 is 0 Å². The van der Waals surface area contributed by atoms with Crippen molar-refractivity contribution in [2.75, 3.05) is 20.1 Å². The van der Waals surface area contributed by atoms with Crippen LogP contribution in [-0.4, -0.2) is 30.9 Å². The molecule has 1 amide bonds. The Morgan fingerprint density at radius 2 is 1.75 bits per heavy atom. The van der Waals surface area contributed by atoms with Crippen molar-refractivity contribution in [1.29, 1.82) is 0 Å². The van der Waals surface area contributed by atoms with Crippen LogP contribution in [-0.2, 0) is 17.9 Å². The number of nitrogens with zero attached hydrogens (tertiary/aromatic N) is 1. The van der Waals surface area contributed by atoms with Gasteiger partial charge in [0.15, 0.2) is 0 Å². The summed E-state index contributed by atoms with van der Waals surface area (Å²) in [5.74, 6) is 0.423. The Bertz CT molecular complexity index is 932. The summed E-state index contributed by atoms with van der Waals surface area (Å²) in [5, 5.41) is 2.64. The number of likely N-dealkylation sites (tertiary alicyclic amines) is 1. The molecule has 144 valence electrons. The summed E-state index contributed by atoms with van der Waals surface area (Å²) in [6.45, 7) is 3.76. The van der Waals surface area contributed by atoms with Crippen LogP contribution < -0.4 is 4.90 Å². The highest BCUT2D eigenvalue weighted by molar-refractivity contribution is 5.85. The van der Waals surface area contributed by atoms with Gasteiger partial charge in [-0.2, -0.15) is 0 Å². The fraction of sp³-hybridized carbons (Fsp3) is 0.320. The van der Waals surface area contributed by atoms with Crippen LogP contribution in [0.15, 0.2) is 72.8 Å². The first-order chi connectivity index (χ1) is 13.7. The van der Waals surface area contributed by atoms with E-state index in [9.17, 15) is 4.79 Å². The Hall–Kier alpha value is -2.65. The predicted molar refractivity (Wildman–Crippen MR) is 114 cm³/mol. The van der Waals surface area contributed by atoms with Gasteiger partial charge in [0.2, 0.25) is 5.91 Å². The van der Waals surface area contributed by atoms with E-state index in [-0.39, 0.29) is 5.92 Å². The first-order valence-corrected chi connectivity index (χ1v) is 10.3. The second-order valence-electron chi connectivity index (χ2n) is 8.04. The van der Waals surface area contributed by atoms with E-state index in [0.29, 0.717) is 12.5 Å². The van der Waals surface area contributed by atoms with Gasteiger partial charge in [0.1, 0.15) is 6.54 Å². The molecule has 0 aliphatic carbocycles. The highest BCUT2D eigenvalue weighted by atomic mass is 16.2. The van der Waals surface area contributed by atoms with Gasteiger partial charge in [-0.3, -0.25) is 4.79 Å². The molecule has 0 radical (unpaired) electrons. The largest absolute Gasteiger partial charge is 0.341 e. The van der Waals surface area contributed by atoms with Crippen LogP contribution in [0, 0.1) is 5.92 Å². The van der Waals surface area contributed by atoms with Gasteiger partial charge >= 0.3 is 0 Å². The third-order valence-electron chi connectivity index (χ3n) is 5.93. The minimum absolute atomic E-state index is 0.132. The molecular weight excluding hydrogens is 344 g/mol. The lowest BCUT2D eigenvalue weighted by atomic mass is 9.95. The number of quaternary nitrogens is 1. The predicted octanol–water partition coefficient (Wildman–Crippen LogP) is 3.29. The normalized spacial score (nSPS) is 19.5. The number of hydrogen-bond donors (Lipinski definition) is 1. The van der Waals surface area contributed by atoms with Crippen molar-refractivity contribution in [2.24, 2.45) is 5.92 Å². The molecule has 1 saturated heterocycles. The van der Waals surface area contributed by atoms with Crippen LogP contribution >= 0.6 is 0 Å². The molecular formula is C25H29N2O+. The number of carbonyl (C=O) groups is 1. The zero-order valence-corrected chi connectivity index (χ0v) is 16.6. The smallest absolute Gasteiger partial charge is 0.231 e. The highest BCUT2D eigenvalue weighted by Gasteiger charge is 2.30. The van der Waals surface area contributed by atoms with E-state index >= 15 is 0 Å². The van der Waals surface area contributed by atoms with Crippen LogP contribution in [0.2, 0.25) is 0 Å². The lowest BCUT2D eigenvalue weighted by molar-refractivity contribution is -0.921. The van der Waals surface area contributed by atoms with Crippen molar-refractivity contribution >= 4 is 16.7 Å². The minimum atomic E-state index is 0.132. The van der Waals surface area contributed by atoms with E-state index in [1.54, 1.807) is 0 Å². The maximum atomic E-state index is 13.0. The second kappa shape index (κ2) is 8.57. The van der Waals surface area contributed by atoms with Crippen molar-refractivity contribution in [2.45, 2.75) is 25.9 Å². The summed E-state index contributed by atoms with van der Waals surface area (Å²) >= 11 is 0. The molecule has 0 aromatic heterocycles. The fourth-order valence-electron chi connectivity index (χ4n) is 4.49. The van der Waals surface area contributed by atoms with Gasteiger partial charge in [0.05, 0.1) is 19.0 Å². The molecule has 3 nitrogen and oxygen atoms in total. The van der Waals surface area contributed by atoms with Crippen LogP contribution in [0.3, 0.4) is 0 Å². The van der Waals surface area contributed by atoms with Crippen molar-refractivity contribution in [3.05, 3.63) is 83.9 Å². The Morgan fingerprint density at radius 1 is 1.00 bits per heavy atom. The third-order valence-corrected chi connectivity index (χ3v) is 5.93. The molecule has 1 unspecified atom stereocenters. The monoisotopic (exact) mass is 373 g/mol. The summed E-state index contributed by atoms with van der Waals surface area (Å²) in [5.41, 5.74) is 2.58. The maximum absolute atomic E-state index is 13.0. The zero-order valence-electron chi connectivity index (χ0n) is 16.6. The van der Waals surface area contributed by atoms with Gasteiger partial charge in [-0.15, -0.1) is 0 Å². The van der Waals surface area contributed by atoms with Crippen molar-refractivity contribution in [3.63, 3.8) is 0 Å². The number of fused-ring (bicyclic) bond motifs is 1. The SMILES string of the molecule is CN(Cc1ccccc1)C(=O)[C@@H]1CCC[NH+](Cc2cccc3ccccc23)C1. The van der Waals surface area contributed by atoms with Gasteiger partial charge in [-0.05, 0) is 29.2 Å². The molecule has 0 bridgehead atoms. The zero-order chi connectivity index (χ0) is 19.3. The standard InChI is InChI=1S/C25H28N2O/c1-26(17-20-9-3-2-4-10-20)25(28)23-14-8-16-27(19-23)18-22-13-7-12-21-11-5-6-15-24(21)22/h2-7,9-13,15,23H,8,14,16-19H2,1H3/p+1/t23-/m1/s1. The Morgan fingerprint density at radius 3 is 2.61 bits per heavy atom. The molecule has 1 heterocycles. The molecule has 0 saturated carbocycles. The first-order valence-electron chi connectivity index (χ1n) is 10.3. The van der Waals surface area contributed by atoms with E-state index in [4.69, 9.17) is 0 Å². The van der Waals surface area contributed by atoms with E-state index in [1.165, 1.54) is 26.8 Å². The van der Waals surface area contributed by atoms with Gasteiger partial charge in [0.25, 0.3) is 0 Å². The van der Waals surface area contributed by atoms with Gasteiger partial charge in [0, 0.05) is 19.2 Å². The lowest BCUT2D eigenvalue weighted by Crippen LogP contribution is -3.12. The molecule has 4 rings (SSSR count). The van der Waals surface area contributed by atoms with Crippen LogP contribution in [0.5, 0.6) is 0 Å². The molecule has 1 fully saturated rings. The molecule has 1 aliphatic heterocycles. The average Bonchev–Trinajstić information content (AvgIpc) is 2.74. The van der Waals surface area contributed by atoms with Crippen LogP contribution in [0.1, 0.15) is 24.0 Å². The molecule has 3 aromatic carbocycles. The van der Waals surface area contributed by atoms with E-state index in [0.717, 1.165) is 32.5 Å². The molecule has 2 atom stereocenters. The minimum Gasteiger partial charge on any atom is -0.341 e. The van der Waals surface area contributed by atoms with E-state index in [1.807, 2.05) is 30.1 Å². The van der Waals surface area contributed by atoms with Crippen LogP contribution in [0.25, 0.3) is 10.8 Å². The highest BCUT2D eigenvalue weighted by Crippen LogP contribution is 2.18. The van der Waals surface area contributed by atoms with Crippen molar-refractivity contribution in [1.82, 2.24) is 4.90 Å². The molecule has 1 N–H and O–H groups in total. The number of rotatable bonds is 5. The summed E-state index contributed by atoms with van der Waals surface area (Å²) in [4.78, 5) is 16.5. The molecule has 0 spiro atoms. The third kappa shape index (κ3) is 4.26. The topological polar surface area (TPSA) is 24.8 Å². The molecule has 3 aromatic rings. The summed E-state index contributed by atoms with van der Waals surface area (Å²) in [6, 6.07) is 25.4. The average molecular weight is 374 g/mol. The number of piperidine rings is 1. The summed E-state index contributed by atoms with van der Waals surface area (Å²) < 4.78 is 0. The van der Waals surface area contributed by atoms with Gasteiger partial charge < -0.3 is 9.80 Å². The number of amides is 1. The summed E-state index contributed by atoms with van der Waals surface area (Å²) in [7, 11) is 1.94. The Kier molecular flexibility index (Phi) is 5.73. The number of carbonyl (C=O) groups excluding carboxylic acids is 1. The Balaban J connectivity index is 1.42. The second-order valence-corrected chi connectivity index (χ2v) is 8.04. The van der Waals surface area contributed by atoms with Gasteiger partial charge in [-0.25, -0.2) is 0 Å². The van der Waals surface area contributed by atoms with Crippen LogP contribution in [0.4, 0.5) is 0 Å². The number of nitrogens with one attached hydrogen (secondary N) is 1. The molecule has 1 aliphatic rings. The summed E-state index contributed by atoms with van der Waals surface area (Å²) in [6.07, 6.45) is 2.13. The molecule has 28 heavy (non-hydrogen) atoms. The quantitative estimate of drug-likeness (QED) is 0.729. The number of benzene rings is 3. The maximum Gasteiger partial charge on any atom is 0.231 e.